The number of aryl methyl sites for hydroxylation is 1. The summed E-state index contributed by atoms with van der Waals surface area (Å²) in [5.74, 6) is 0.984. The Labute approximate surface area is 197 Å². The monoisotopic (exact) mass is 472 g/mol. The van der Waals surface area contributed by atoms with Gasteiger partial charge in [-0.25, -0.2) is 23.1 Å². The number of sulfonamides is 1. The van der Waals surface area contributed by atoms with Crippen molar-refractivity contribution < 1.29 is 8.42 Å². The van der Waals surface area contributed by atoms with E-state index in [1.807, 2.05) is 30.3 Å². The molecule has 1 aliphatic carbocycles. The van der Waals surface area contributed by atoms with Gasteiger partial charge in [-0.2, -0.15) is 5.10 Å². The maximum atomic E-state index is 13.0. The van der Waals surface area contributed by atoms with Gasteiger partial charge in [0.2, 0.25) is 10.0 Å². The number of rotatable bonds is 6. The summed E-state index contributed by atoms with van der Waals surface area (Å²) in [5, 5.41) is 7.87. The number of nitrogens with zero attached hydrogens (tertiary/aromatic N) is 4. The smallest absolute Gasteiger partial charge is 0.236 e. The normalized spacial score (nSPS) is 17.5. The first kappa shape index (κ1) is 21.0. The van der Waals surface area contributed by atoms with Crippen molar-refractivity contribution in [1.29, 1.82) is 0 Å². The van der Waals surface area contributed by atoms with Gasteiger partial charge in [0.1, 0.15) is 12.1 Å². The van der Waals surface area contributed by atoms with Gasteiger partial charge in [0, 0.05) is 24.7 Å². The van der Waals surface area contributed by atoms with Crippen LogP contribution in [0.2, 0.25) is 0 Å². The summed E-state index contributed by atoms with van der Waals surface area (Å²) in [5.41, 5.74) is 5.16. The lowest BCUT2D eigenvalue weighted by atomic mass is 9.98. The van der Waals surface area contributed by atoms with Crippen LogP contribution in [0.3, 0.4) is 0 Å². The van der Waals surface area contributed by atoms with Gasteiger partial charge in [-0.05, 0) is 48.1 Å². The molecule has 2 N–H and O–H groups in total. The fourth-order valence-corrected chi connectivity index (χ4v) is 6.21. The third-order valence-corrected chi connectivity index (χ3v) is 8.29. The molecule has 0 radical (unpaired) electrons. The average molecular weight is 473 g/mol. The van der Waals surface area contributed by atoms with Crippen molar-refractivity contribution in [1.82, 2.24) is 24.9 Å². The molecule has 172 valence electrons. The lowest BCUT2D eigenvalue weighted by Gasteiger charge is -2.20. The van der Waals surface area contributed by atoms with Crippen LogP contribution in [0.4, 0.5) is 11.5 Å². The largest absolute Gasteiger partial charge is 0.325 e. The first-order valence-electron chi connectivity index (χ1n) is 11.4. The fourth-order valence-electron chi connectivity index (χ4n) is 4.99. The number of hydrogen-bond acceptors (Lipinski definition) is 6. The highest BCUT2D eigenvalue weighted by Crippen LogP contribution is 2.42. The maximum absolute atomic E-state index is 13.0. The number of aromatic amines is 1. The van der Waals surface area contributed by atoms with E-state index in [4.69, 9.17) is 0 Å². The van der Waals surface area contributed by atoms with Crippen LogP contribution in [0.25, 0.3) is 17.1 Å². The van der Waals surface area contributed by atoms with E-state index in [-0.39, 0.29) is 5.92 Å². The number of para-hydroxylation sites is 1. The summed E-state index contributed by atoms with van der Waals surface area (Å²) in [6, 6.07) is 16.2. The zero-order valence-corrected chi connectivity index (χ0v) is 19.3. The highest BCUT2D eigenvalue weighted by Gasteiger charge is 2.31. The highest BCUT2D eigenvalue weighted by molar-refractivity contribution is 7.93. The molecule has 0 saturated heterocycles. The third kappa shape index (κ3) is 3.66. The number of H-pyrrole nitrogens is 1. The Morgan fingerprint density at radius 3 is 2.85 bits per heavy atom. The molecular weight excluding hydrogens is 448 g/mol. The summed E-state index contributed by atoms with van der Waals surface area (Å²) in [4.78, 5) is 11.4. The van der Waals surface area contributed by atoms with Crippen LogP contribution in [-0.4, -0.2) is 41.7 Å². The van der Waals surface area contributed by atoms with E-state index >= 15 is 0 Å². The highest BCUT2D eigenvalue weighted by atomic mass is 32.2. The van der Waals surface area contributed by atoms with Gasteiger partial charge in [-0.15, -0.1) is 0 Å². The fraction of sp³-hybridized carbons (Fsp3) is 0.240. The summed E-state index contributed by atoms with van der Waals surface area (Å²) in [6.07, 6.45) is 7.05. The minimum Gasteiger partial charge on any atom is -0.325 e. The van der Waals surface area contributed by atoms with E-state index in [1.165, 1.54) is 17.5 Å². The first-order valence-corrected chi connectivity index (χ1v) is 12.9. The predicted octanol–water partition coefficient (Wildman–Crippen LogP) is 3.89. The number of allylic oxidation sites excluding steroid dienone is 1. The molecule has 4 aromatic rings. The summed E-state index contributed by atoms with van der Waals surface area (Å²) in [7, 11) is -3.52. The Hall–Kier alpha value is -3.56. The van der Waals surface area contributed by atoms with E-state index in [2.05, 4.69) is 48.0 Å². The molecule has 2 aromatic carbocycles. The Balaban J connectivity index is 1.19. The topological polar surface area (TPSA) is 104 Å². The summed E-state index contributed by atoms with van der Waals surface area (Å²) in [6.45, 7) is 1.09. The minimum atomic E-state index is -3.52. The first-order chi connectivity index (χ1) is 16.6. The Morgan fingerprint density at radius 2 is 1.91 bits per heavy atom. The van der Waals surface area contributed by atoms with Crippen LogP contribution < -0.4 is 9.62 Å². The minimum absolute atomic E-state index is 0.178. The molecule has 0 spiro atoms. The summed E-state index contributed by atoms with van der Waals surface area (Å²) >= 11 is 0. The Bertz CT molecular complexity index is 1510. The molecule has 9 heteroatoms. The molecule has 2 aliphatic rings. The van der Waals surface area contributed by atoms with Crippen molar-refractivity contribution in [2.75, 3.05) is 18.0 Å². The van der Waals surface area contributed by atoms with E-state index < -0.39 is 10.0 Å². The number of aromatic nitrogens is 4. The van der Waals surface area contributed by atoms with E-state index in [9.17, 15) is 8.42 Å². The molecule has 2 aromatic heterocycles. The van der Waals surface area contributed by atoms with E-state index in [0.717, 1.165) is 28.9 Å². The lowest BCUT2D eigenvalue weighted by Crippen LogP contribution is -2.28. The molecule has 34 heavy (non-hydrogen) atoms. The Kier molecular flexibility index (Phi) is 5.15. The summed E-state index contributed by atoms with van der Waals surface area (Å²) < 4.78 is 28.8. The van der Waals surface area contributed by atoms with Gasteiger partial charge in [0.05, 0.1) is 16.5 Å². The van der Waals surface area contributed by atoms with Crippen molar-refractivity contribution in [3.63, 3.8) is 0 Å². The number of benzene rings is 2. The quantitative estimate of drug-likeness (QED) is 0.441. The molecule has 0 saturated carbocycles. The van der Waals surface area contributed by atoms with Gasteiger partial charge in [0.25, 0.3) is 0 Å². The van der Waals surface area contributed by atoms with Crippen LogP contribution in [0, 0.1) is 0 Å². The molecule has 1 atom stereocenters. The standard InChI is InChI=1S/C25H24N6O2S/c32-34(33,20-10-9-17-5-1-2-6-18(17)13-20)29-12-11-19-15-31(23-8-4-3-7-21(19)23)25-22-14-28-30-24(22)26-16-27-25/h1-8,13-14,16,19,29H,9-12,15H2,(H,26,27,28,30). The van der Waals surface area contributed by atoms with Crippen LogP contribution in [0.1, 0.15) is 35.4 Å². The van der Waals surface area contributed by atoms with Crippen LogP contribution in [0.15, 0.2) is 66.0 Å². The van der Waals surface area contributed by atoms with Gasteiger partial charge < -0.3 is 4.90 Å². The van der Waals surface area contributed by atoms with Crippen molar-refractivity contribution in [3.8, 4) is 0 Å². The average Bonchev–Trinajstić information content (AvgIpc) is 3.49. The SMILES string of the molecule is O=S(=O)(NCCC1CN(c2ncnc3[nH]ncc23)c2ccccc21)C1=Cc2ccccc2CC1. The van der Waals surface area contributed by atoms with Gasteiger partial charge >= 0.3 is 0 Å². The van der Waals surface area contributed by atoms with Gasteiger partial charge in [-0.1, -0.05) is 42.5 Å². The maximum Gasteiger partial charge on any atom is 0.236 e. The van der Waals surface area contributed by atoms with Gasteiger partial charge in [0.15, 0.2) is 5.65 Å². The zero-order chi connectivity index (χ0) is 23.1. The zero-order valence-electron chi connectivity index (χ0n) is 18.5. The lowest BCUT2D eigenvalue weighted by molar-refractivity contribution is 0.575. The van der Waals surface area contributed by atoms with Crippen LogP contribution in [0.5, 0.6) is 0 Å². The van der Waals surface area contributed by atoms with Crippen molar-refractivity contribution >= 4 is 38.6 Å². The van der Waals surface area contributed by atoms with Crippen LogP contribution in [-0.2, 0) is 16.4 Å². The number of hydrogen-bond donors (Lipinski definition) is 2. The molecule has 6 rings (SSSR count). The second kappa shape index (κ2) is 8.34. The van der Waals surface area contributed by atoms with Gasteiger partial charge in [-0.3, -0.25) is 5.10 Å². The molecule has 8 nitrogen and oxygen atoms in total. The molecule has 0 fully saturated rings. The molecule has 0 amide bonds. The van der Waals surface area contributed by atoms with Crippen molar-refractivity contribution in [2.24, 2.45) is 0 Å². The molecule has 1 unspecified atom stereocenters. The van der Waals surface area contributed by atoms with Crippen LogP contribution >= 0.6 is 0 Å². The molecule has 3 heterocycles. The van der Waals surface area contributed by atoms with Crippen molar-refractivity contribution in [3.05, 3.63) is 82.7 Å². The second-order valence-electron chi connectivity index (χ2n) is 8.69. The number of fused-ring (bicyclic) bond motifs is 3. The third-order valence-electron chi connectivity index (χ3n) is 6.70. The van der Waals surface area contributed by atoms with E-state index in [0.29, 0.717) is 36.5 Å². The van der Waals surface area contributed by atoms with Crippen molar-refractivity contribution in [2.45, 2.75) is 25.2 Å². The molecule has 1 aliphatic heterocycles. The molecular formula is C25H24N6O2S. The Morgan fingerprint density at radius 1 is 1.06 bits per heavy atom. The second-order valence-corrected chi connectivity index (χ2v) is 10.5. The molecule has 0 bridgehead atoms. The number of nitrogens with one attached hydrogen (secondary N) is 2. The predicted molar refractivity (Wildman–Crippen MR) is 132 cm³/mol. The van der Waals surface area contributed by atoms with E-state index in [1.54, 1.807) is 12.3 Å². The number of anilines is 2.